The van der Waals surface area contributed by atoms with Gasteiger partial charge in [0.2, 0.25) is 0 Å². The van der Waals surface area contributed by atoms with Crippen LogP contribution in [0.2, 0.25) is 0 Å². The number of nitrogens with two attached hydrogens (primary N) is 1. The molecule has 88 valence electrons. The van der Waals surface area contributed by atoms with E-state index < -0.39 is 0 Å². The first-order valence-electron chi connectivity index (χ1n) is 6.07. The molecule has 0 radical (unpaired) electrons. The summed E-state index contributed by atoms with van der Waals surface area (Å²) in [6.07, 6.45) is 7.10. The van der Waals surface area contributed by atoms with Crippen molar-refractivity contribution in [1.82, 2.24) is 9.97 Å². The summed E-state index contributed by atoms with van der Waals surface area (Å²) in [5.74, 6) is 1.84. The van der Waals surface area contributed by atoms with Gasteiger partial charge in [-0.15, -0.1) is 0 Å². The number of piperidine rings is 1. The number of rotatable bonds is 3. The Balaban J connectivity index is 2.10. The van der Waals surface area contributed by atoms with Crippen LogP contribution in [0.25, 0.3) is 0 Å². The molecular formula is C12H20N4. The van der Waals surface area contributed by atoms with Gasteiger partial charge in [0.1, 0.15) is 12.1 Å². The topological polar surface area (TPSA) is 55.0 Å². The molecule has 2 heterocycles. The van der Waals surface area contributed by atoms with Gasteiger partial charge in [0, 0.05) is 25.3 Å². The number of hydrogen-bond acceptors (Lipinski definition) is 4. The highest BCUT2D eigenvalue weighted by Crippen LogP contribution is 2.27. The monoisotopic (exact) mass is 220 g/mol. The minimum Gasteiger partial charge on any atom is -0.352 e. The van der Waals surface area contributed by atoms with E-state index in [9.17, 15) is 0 Å². The van der Waals surface area contributed by atoms with Gasteiger partial charge in [0.25, 0.3) is 0 Å². The number of anilines is 1. The third-order valence-electron chi connectivity index (χ3n) is 3.53. The zero-order valence-corrected chi connectivity index (χ0v) is 9.84. The fourth-order valence-corrected chi connectivity index (χ4v) is 2.48. The van der Waals surface area contributed by atoms with Gasteiger partial charge in [-0.2, -0.15) is 0 Å². The van der Waals surface area contributed by atoms with Crippen LogP contribution < -0.4 is 10.6 Å². The second-order valence-corrected chi connectivity index (χ2v) is 4.45. The van der Waals surface area contributed by atoms with Crippen molar-refractivity contribution in [2.75, 3.05) is 18.0 Å². The molecule has 2 atom stereocenters. The summed E-state index contributed by atoms with van der Waals surface area (Å²) in [7, 11) is 0. The first kappa shape index (κ1) is 11.3. The van der Waals surface area contributed by atoms with Crippen molar-refractivity contribution in [2.45, 2.75) is 32.2 Å². The third-order valence-corrected chi connectivity index (χ3v) is 3.53. The molecule has 2 N–H and O–H groups in total. The van der Waals surface area contributed by atoms with Gasteiger partial charge in [-0.3, -0.25) is 0 Å². The van der Waals surface area contributed by atoms with Crippen LogP contribution in [0.3, 0.4) is 0 Å². The summed E-state index contributed by atoms with van der Waals surface area (Å²) in [5.41, 5.74) is 5.86. The molecule has 2 rings (SSSR count). The van der Waals surface area contributed by atoms with E-state index in [1.54, 1.807) is 12.5 Å². The van der Waals surface area contributed by atoms with Gasteiger partial charge in [0.05, 0.1) is 0 Å². The van der Waals surface area contributed by atoms with Gasteiger partial charge in [-0.1, -0.05) is 13.3 Å². The average Bonchev–Trinajstić information content (AvgIpc) is 2.39. The highest BCUT2D eigenvalue weighted by atomic mass is 15.2. The predicted molar refractivity (Wildman–Crippen MR) is 65.2 cm³/mol. The van der Waals surface area contributed by atoms with E-state index in [0.29, 0.717) is 12.6 Å². The van der Waals surface area contributed by atoms with Crippen LogP contribution >= 0.6 is 0 Å². The predicted octanol–water partition coefficient (Wildman–Crippen LogP) is 1.43. The SMILES string of the molecule is CCC1CCN(c2ccncn2)C(CN)C1. The van der Waals surface area contributed by atoms with Crippen molar-refractivity contribution in [3.05, 3.63) is 18.6 Å². The van der Waals surface area contributed by atoms with Gasteiger partial charge < -0.3 is 10.6 Å². The Labute approximate surface area is 96.9 Å². The molecule has 16 heavy (non-hydrogen) atoms. The van der Waals surface area contributed by atoms with Gasteiger partial charge in [0.15, 0.2) is 0 Å². The number of hydrogen-bond donors (Lipinski definition) is 1. The lowest BCUT2D eigenvalue weighted by Crippen LogP contribution is -2.47. The summed E-state index contributed by atoms with van der Waals surface area (Å²) in [5, 5.41) is 0. The van der Waals surface area contributed by atoms with E-state index in [-0.39, 0.29) is 0 Å². The molecule has 1 aromatic rings. The zero-order chi connectivity index (χ0) is 11.4. The van der Waals surface area contributed by atoms with Crippen molar-refractivity contribution < 1.29 is 0 Å². The van der Waals surface area contributed by atoms with Crippen LogP contribution in [0.15, 0.2) is 18.6 Å². The molecule has 0 aromatic carbocycles. The molecule has 0 bridgehead atoms. The Hall–Kier alpha value is -1.16. The standard InChI is InChI=1S/C12H20N4/c1-2-10-4-6-16(11(7-10)8-13)12-3-5-14-9-15-12/h3,5,9-11H,2,4,6-8,13H2,1H3. The third kappa shape index (κ3) is 2.32. The highest BCUT2D eigenvalue weighted by molar-refractivity contribution is 5.38. The van der Waals surface area contributed by atoms with E-state index in [1.165, 1.54) is 19.3 Å². The molecule has 2 unspecified atom stereocenters. The maximum atomic E-state index is 5.86. The number of aromatic nitrogens is 2. The molecular weight excluding hydrogens is 200 g/mol. The van der Waals surface area contributed by atoms with Crippen LogP contribution in [0.4, 0.5) is 5.82 Å². The van der Waals surface area contributed by atoms with Crippen LogP contribution in [0.5, 0.6) is 0 Å². The normalized spacial score (nSPS) is 25.8. The van der Waals surface area contributed by atoms with Gasteiger partial charge in [-0.05, 0) is 24.8 Å². The van der Waals surface area contributed by atoms with Crippen LogP contribution in [-0.2, 0) is 0 Å². The fraction of sp³-hybridized carbons (Fsp3) is 0.667. The summed E-state index contributed by atoms with van der Waals surface area (Å²) in [4.78, 5) is 10.6. The molecule has 1 aliphatic heterocycles. The molecule has 0 aliphatic carbocycles. The lowest BCUT2D eigenvalue weighted by atomic mass is 9.89. The zero-order valence-electron chi connectivity index (χ0n) is 9.84. The van der Waals surface area contributed by atoms with E-state index >= 15 is 0 Å². The number of nitrogens with zero attached hydrogens (tertiary/aromatic N) is 3. The van der Waals surface area contributed by atoms with Crippen molar-refractivity contribution in [3.63, 3.8) is 0 Å². The molecule has 0 amide bonds. The van der Waals surface area contributed by atoms with Crippen molar-refractivity contribution in [2.24, 2.45) is 11.7 Å². The van der Waals surface area contributed by atoms with Gasteiger partial charge >= 0.3 is 0 Å². The molecule has 4 nitrogen and oxygen atoms in total. The Bertz CT molecular complexity index is 314. The lowest BCUT2D eigenvalue weighted by Gasteiger charge is -2.39. The van der Waals surface area contributed by atoms with Crippen molar-refractivity contribution in [3.8, 4) is 0 Å². The first-order valence-corrected chi connectivity index (χ1v) is 6.07. The summed E-state index contributed by atoms with van der Waals surface area (Å²) in [6, 6.07) is 2.41. The Kier molecular flexibility index (Phi) is 3.72. The summed E-state index contributed by atoms with van der Waals surface area (Å²) in [6.45, 7) is 4.04. The largest absolute Gasteiger partial charge is 0.352 e. The first-order chi connectivity index (χ1) is 7.85. The maximum absolute atomic E-state index is 5.86. The van der Waals surface area contributed by atoms with Crippen LogP contribution in [0.1, 0.15) is 26.2 Å². The van der Waals surface area contributed by atoms with E-state index in [2.05, 4.69) is 21.8 Å². The van der Waals surface area contributed by atoms with Crippen molar-refractivity contribution in [1.29, 1.82) is 0 Å². The molecule has 0 spiro atoms. The van der Waals surface area contributed by atoms with Crippen LogP contribution in [0, 0.1) is 5.92 Å². The minimum absolute atomic E-state index is 0.439. The minimum atomic E-state index is 0.439. The maximum Gasteiger partial charge on any atom is 0.132 e. The summed E-state index contributed by atoms with van der Waals surface area (Å²) < 4.78 is 0. The Morgan fingerprint density at radius 1 is 1.56 bits per heavy atom. The smallest absolute Gasteiger partial charge is 0.132 e. The van der Waals surface area contributed by atoms with E-state index in [0.717, 1.165) is 18.3 Å². The molecule has 1 saturated heterocycles. The summed E-state index contributed by atoms with van der Waals surface area (Å²) >= 11 is 0. The fourth-order valence-electron chi connectivity index (χ4n) is 2.48. The van der Waals surface area contributed by atoms with Crippen LogP contribution in [-0.4, -0.2) is 29.1 Å². The second kappa shape index (κ2) is 5.25. The Morgan fingerprint density at radius 2 is 2.44 bits per heavy atom. The molecule has 4 heteroatoms. The lowest BCUT2D eigenvalue weighted by molar-refractivity contribution is 0.334. The Morgan fingerprint density at radius 3 is 3.06 bits per heavy atom. The molecule has 0 saturated carbocycles. The quantitative estimate of drug-likeness (QED) is 0.837. The van der Waals surface area contributed by atoms with E-state index in [1.807, 2.05) is 6.07 Å². The molecule has 1 aliphatic rings. The van der Waals surface area contributed by atoms with E-state index in [4.69, 9.17) is 5.73 Å². The average molecular weight is 220 g/mol. The highest BCUT2D eigenvalue weighted by Gasteiger charge is 2.27. The molecule has 1 aromatic heterocycles. The molecule has 1 fully saturated rings. The van der Waals surface area contributed by atoms with Gasteiger partial charge in [-0.25, -0.2) is 9.97 Å². The van der Waals surface area contributed by atoms with Crippen molar-refractivity contribution >= 4 is 5.82 Å². The second-order valence-electron chi connectivity index (χ2n) is 4.45.